The van der Waals surface area contributed by atoms with Crippen LogP contribution in [0.15, 0.2) is 0 Å². The number of amides is 1. The van der Waals surface area contributed by atoms with Crippen molar-refractivity contribution in [2.24, 2.45) is 0 Å². The highest BCUT2D eigenvalue weighted by Gasteiger charge is 2.31. The van der Waals surface area contributed by atoms with E-state index in [4.69, 9.17) is 0 Å². The Bertz CT molecular complexity index is 234. The van der Waals surface area contributed by atoms with Crippen molar-refractivity contribution in [1.29, 1.82) is 0 Å². The molecular weight excluding hydrogens is 190 g/mol. The van der Waals surface area contributed by atoms with Crippen molar-refractivity contribution in [2.45, 2.75) is 31.8 Å². The van der Waals surface area contributed by atoms with E-state index in [9.17, 15) is 4.79 Å². The standard InChI is InChI=1S/C11H21N3O/c1-9(13(2)10-7-12-8-10)11(15)14-5-3-4-6-14/h9-10,12H,3-8H2,1-2H3. The second kappa shape index (κ2) is 4.49. The molecule has 2 fully saturated rings. The smallest absolute Gasteiger partial charge is 0.239 e. The normalized spacial score (nSPS) is 24.3. The van der Waals surface area contributed by atoms with Crippen molar-refractivity contribution in [3.63, 3.8) is 0 Å². The maximum atomic E-state index is 12.1. The summed E-state index contributed by atoms with van der Waals surface area (Å²) in [5, 5.41) is 3.24. The molecule has 1 amide bonds. The molecular formula is C11H21N3O. The largest absolute Gasteiger partial charge is 0.341 e. The quantitative estimate of drug-likeness (QED) is 0.708. The minimum Gasteiger partial charge on any atom is -0.341 e. The number of carbonyl (C=O) groups is 1. The van der Waals surface area contributed by atoms with Crippen LogP contribution in [0.25, 0.3) is 0 Å². The van der Waals surface area contributed by atoms with E-state index in [1.54, 1.807) is 0 Å². The molecule has 1 atom stereocenters. The molecule has 2 heterocycles. The van der Waals surface area contributed by atoms with Gasteiger partial charge >= 0.3 is 0 Å². The van der Waals surface area contributed by atoms with E-state index in [2.05, 4.69) is 17.3 Å². The zero-order chi connectivity index (χ0) is 10.8. The fourth-order valence-electron chi connectivity index (χ4n) is 2.25. The van der Waals surface area contributed by atoms with Crippen molar-refractivity contribution < 1.29 is 4.79 Å². The third kappa shape index (κ3) is 2.16. The highest BCUT2D eigenvalue weighted by molar-refractivity contribution is 5.81. The molecule has 0 aromatic rings. The fourth-order valence-corrected chi connectivity index (χ4v) is 2.25. The van der Waals surface area contributed by atoms with Crippen LogP contribution in [0.2, 0.25) is 0 Å². The summed E-state index contributed by atoms with van der Waals surface area (Å²) in [6, 6.07) is 0.585. The van der Waals surface area contributed by atoms with Gasteiger partial charge in [-0.3, -0.25) is 9.69 Å². The summed E-state index contributed by atoms with van der Waals surface area (Å²) in [7, 11) is 2.06. The molecule has 0 radical (unpaired) electrons. The molecule has 4 nitrogen and oxygen atoms in total. The predicted octanol–water partition coefficient (Wildman–Crippen LogP) is -0.0991. The predicted molar refractivity (Wildman–Crippen MR) is 59.7 cm³/mol. The molecule has 0 aromatic heterocycles. The molecule has 4 heteroatoms. The van der Waals surface area contributed by atoms with E-state index in [0.717, 1.165) is 26.2 Å². The number of likely N-dealkylation sites (N-methyl/N-ethyl adjacent to an activating group) is 1. The van der Waals surface area contributed by atoms with Crippen LogP contribution >= 0.6 is 0 Å². The van der Waals surface area contributed by atoms with E-state index in [-0.39, 0.29) is 6.04 Å². The number of likely N-dealkylation sites (tertiary alicyclic amines) is 1. The van der Waals surface area contributed by atoms with Crippen LogP contribution in [0, 0.1) is 0 Å². The summed E-state index contributed by atoms with van der Waals surface area (Å²) in [6.45, 7) is 5.99. The first-order chi connectivity index (χ1) is 7.20. The Labute approximate surface area is 91.6 Å². The van der Waals surface area contributed by atoms with Crippen molar-refractivity contribution in [3.8, 4) is 0 Å². The summed E-state index contributed by atoms with van der Waals surface area (Å²) in [6.07, 6.45) is 2.35. The highest BCUT2D eigenvalue weighted by atomic mass is 16.2. The minimum absolute atomic E-state index is 0.0372. The van der Waals surface area contributed by atoms with Crippen molar-refractivity contribution in [3.05, 3.63) is 0 Å². The average Bonchev–Trinajstić information content (AvgIpc) is 2.65. The first kappa shape index (κ1) is 10.9. The van der Waals surface area contributed by atoms with Gasteiger partial charge in [-0.05, 0) is 26.8 Å². The maximum absolute atomic E-state index is 12.1. The van der Waals surface area contributed by atoms with Crippen molar-refractivity contribution >= 4 is 5.91 Å². The number of nitrogens with one attached hydrogen (secondary N) is 1. The molecule has 2 rings (SSSR count). The first-order valence-corrected chi connectivity index (χ1v) is 5.91. The fraction of sp³-hybridized carbons (Fsp3) is 0.909. The van der Waals surface area contributed by atoms with Crippen LogP contribution in [-0.2, 0) is 4.79 Å². The molecule has 1 unspecified atom stereocenters. The third-order valence-electron chi connectivity index (χ3n) is 3.72. The summed E-state index contributed by atoms with van der Waals surface area (Å²) in [5.74, 6) is 0.307. The zero-order valence-electron chi connectivity index (χ0n) is 9.70. The topological polar surface area (TPSA) is 35.6 Å². The van der Waals surface area contributed by atoms with Gasteiger partial charge in [-0.15, -0.1) is 0 Å². The Morgan fingerprint density at radius 3 is 2.47 bits per heavy atom. The molecule has 0 aromatic carbocycles. The Hall–Kier alpha value is -0.610. The van der Waals surface area contributed by atoms with E-state index >= 15 is 0 Å². The van der Waals surface area contributed by atoms with Crippen LogP contribution in [0.5, 0.6) is 0 Å². The average molecular weight is 211 g/mol. The Morgan fingerprint density at radius 1 is 1.40 bits per heavy atom. The number of hydrogen-bond acceptors (Lipinski definition) is 3. The summed E-state index contributed by atoms with van der Waals surface area (Å²) >= 11 is 0. The van der Waals surface area contributed by atoms with Crippen LogP contribution in [-0.4, -0.2) is 61.0 Å². The van der Waals surface area contributed by atoms with Gasteiger partial charge in [0, 0.05) is 32.2 Å². The SMILES string of the molecule is CC(C(=O)N1CCCC1)N(C)C1CNC1. The Balaban J connectivity index is 1.87. The van der Waals surface area contributed by atoms with Crippen molar-refractivity contribution in [1.82, 2.24) is 15.1 Å². The van der Waals surface area contributed by atoms with Crippen LogP contribution in [0.3, 0.4) is 0 Å². The second-order valence-electron chi connectivity index (χ2n) is 4.69. The lowest BCUT2D eigenvalue weighted by molar-refractivity contribution is -0.136. The molecule has 2 saturated heterocycles. The van der Waals surface area contributed by atoms with Gasteiger partial charge in [0.05, 0.1) is 6.04 Å². The van der Waals surface area contributed by atoms with E-state index in [1.807, 2.05) is 11.8 Å². The maximum Gasteiger partial charge on any atom is 0.239 e. The van der Waals surface area contributed by atoms with Gasteiger partial charge in [0.2, 0.25) is 5.91 Å². The van der Waals surface area contributed by atoms with Gasteiger partial charge in [0.1, 0.15) is 0 Å². The molecule has 1 N–H and O–H groups in total. The summed E-state index contributed by atoms with van der Waals surface area (Å²) in [4.78, 5) is 16.3. The van der Waals surface area contributed by atoms with Crippen LogP contribution in [0.4, 0.5) is 0 Å². The highest BCUT2D eigenvalue weighted by Crippen LogP contribution is 2.13. The molecule has 86 valence electrons. The monoisotopic (exact) mass is 211 g/mol. The molecule has 2 aliphatic heterocycles. The van der Waals surface area contributed by atoms with Gasteiger partial charge in [0.25, 0.3) is 0 Å². The number of hydrogen-bond donors (Lipinski definition) is 1. The lowest BCUT2D eigenvalue weighted by atomic mass is 10.1. The zero-order valence-corrected chi connectivity index (χ0v) is 9.70. The second-order valence-corrected chi connectivity index (χ2v) is 4.69. The number of nitrogens with zero attached hydrogens (tertiary/aromatic N) is 2. The lowest BCUT2D eigenvalue weighted by Gasteiger charge is -2.39. The Kier molecular flexibility index (Phi) is 3.26. The molecule has 0 aliphatic carbocycles. The van der Waals surface area contributed by atoms with Gasteiger partial charge < -0.3 is 10.2 Å². The first-order valence-electron chi connectivity index (χ1n) is 5.91. The van der Waals surface area contributed by atoms with E-state index < -0.39 is 0 Å². The molecule has 0 saturated carbocycles. The molecule has 0 spiro atoms. The van der Waals surface area contributed by atoms with E-state index in [1.165, 1.54) is 12.8 Å². The van der Waals surface area contributed by atoms with Gasteiger partial charge in [0.15, 0.2) is 0 Å². The third-order valence-corrected chi connectivity index (χ3v) is 3.72. The number of rotatable bonds is 3. The molecule has 2 aliphatic rings. The summed E-state index contributed by atoms with van der Waals surface area (Å²) < 4.78 is 0. The van der Waals surface area contributed by atoms with Gasteiger partial charge in [-0.25, -0.2) is 0 Å². The van der Waals surface area contributed by atoms with Gasteiger partial charge in [-0.2, -0.15) is 0 Å². The molecule has 15 heavy (non-hydrogen) atoms. The number of carbonyl (C=O) groups excluding carboxylic acids is 1. The molecule has 0 bridgehead atoms. The summed E-state index contributed by atoms with van der Waals surface area (Å²) in [5.41, 5.74) is 0. The minimum atomic E-state index is 0.0372. The van der Waals surface area contributed by atoms with Gasteiger partial charge in [-0.1, -0.05) is 0 Å². The lowest BCUT2D eigenvalue weighted by Crippen LogP contribution is -2.60. The van der Waals surface area contributed by atoms with Crippen LogP contribution in [0.1, 0.15) is 19.8 Å². The Morgan fingerprint density at radius 2 is 2.00 bits per heavy atom. The van der Waals surface area contributed by atoms with E-state index in [0.29, 0.717) is 11.9 Å². The van der Waals surface area contributed by atoms with Crippen molar-refractivity contribution in [2.75, 3.05) is 33.2 Å². The van der Waals surface area contributed by atoms with Crippen LogP contribution < -0.4 is 5.32 Å².